The molecule has 3 heteroatoms. The molecule has 0 saturated carbocycles. The van der Waals surface area contributed by atoms with Gasteiger partial charge in [-0.25, -0.2) is 4.98 Å². The Kier molecular flexibility index (Phi) is 3.47. The Labute approximate surface area is 85.4 Å². The topological polar surface area (TPSA) is 36.4 Å². The van der Waals surface area contributed by atoms with Gasteiger partial charge >= 0.3 is 0 Å². The van der Waals surface area contributed by atoms with Crippen LogP contribution in [0.5, 0.6) is 0 Å². The molecule has 1 atom stereocenters. The third kappa shape index (κ3) is 2.45. The van der Waals surface area contributed by atoms with Crippen LogP contribution in [0.15, 0.2) is 18.3 Å². The van der Waals surface area contributed by atoms with Gasteiger partial charge in [0.25, 0.3) is 0 Å². The SMILES string of the molecule is CC(C)N(C)c1cc([C@@H](C)O)ccn1. The van der Waals surface area contributed by atoms with Crippen molar-refractivity contribution in [1.29, 1.82) is 0 Å². The second-order valence-corrected chi connectivity index (χ2v) is 3.83. The van der Waals surface area contributed by atoms with Crippen molar-refractivity contribution in [3.05, 3.63) is 23.9 Å². The molecule has 78 valence electrons. The van der Waals surface area contributed by atoms with Crippen LogP contribution in [-0.2, 0) is 0 Å². The van der Waals surface area contributed by atoms with Crippen LogP contribution in [0, 0.1) is 0 Å². The van der Waals surface area contributed by atoms with Crippen molar-refractivity contribution in [2.75, 3.05) is 11.9 Å². The van der Waals surface area contributed by atoms with Crippen LogP contribution >= 0.6 is 0 Å². The molecular formula is C11H18N2O. The lowest BCUT2D eigenvalue weighted by Gasteiger charge is -2.23. The molecule has 0 bridgehead atoms. The highest BCUT2D eigenvalue weighted by molar-refractivity contribution is 5.41. The van der Waals surface area contributed by atoms with Gasteiger partial charge in [0.15, 0.2) is 0 Å². The molecule has 0 unspecified atom stereocenters. The van der Waals surface area contributed by atoms with Crippen LogP contribution in [0.1, 0.15) is 32.4 Å². The lowest BCUT2D eigenvalue weighted by atomic mass is 10.1. The predicted molar refractivity (Wildman–Crippen MR) is 58.4 cm³/mol. The van der Waals surface area contributed by atoms with Crippen molar-refractivity contribution in [3.63, 3.8) is 0 Å². The maximum atomic E-state index is 9.42. The van der Waals surface area contributed by atoms with Gasteiger partial charge < -0.3 is 10.0 Å². The fourth-order valence-electron chi connectivity index (χ4n) is 1.15. The molecular weight excluding hydrogens is 176 g/mol. The lowest BCUT2D eigenvalue weighted by Crippen LogP contribution is -2.26. The van der Waals surface area contributed by atoms with Gasteiger partial charge in [-0.1, -0.05) is 0 Å². The number of hydrogen-bond donors (Lipinski definition) is 1. The lowest BCUT2D eigenvalue weighted by molar-refractivity contribution is 0.199. The standard InChI is InChI=1S/C11H18N2O/c1-8(2)13(4)11-7-10(9(3)14)5-6-12-11/h5-9,14H,1-4H3/t9-/m1/s1. The monoisotopic (exact) mass is 194 g/mol. The Hall–Kier alpha value is -1.09. The normalized spacial score (nSPS) is 13.0. The summed E-state index contributed by atoms with van der Waals surface area (Å²) >= 11 is 0. The van der Waals surface area contributed by atoms with Crippen LogP contribution in [0.4, 0.5) is 5.82 Å². The fraction of sp³-hybridized carbons (Fsp3) is 0.545. The van der Waals surface area contributed by atoms with Gasteiger partial charge in [0.05, 0.1) is 6.10 Å². The Balaban J connectivity index is 2.93. The Morgan fingerprint density at radius 3 is 2.50 bits per heavy atom. The van der Waals surface area contributed by atoms with Crippen molar-refractivity contribution in [2.45, 2.75) is 32.9 Å². The second kappa shape index (κ2) is 4.42. The van der Waals surface area contributed by atoms with E-state index in [1.54, 1.807) is 13.1 Å². The van der Waals surface area contributed by atoms with Gasteiger partial charge in [-0.3, -0.25) is 0 Å². The van der Waals surface area contributed by atoms with Crippen LogP contribution in [0.2, 0.25) is 0 Å². The molecule has 0 fully saturated rings. The van der Waals surface area contributed by atoms with Gasteiger partial charge in [0.1, 0.15) is 5.82 Å². The molecule has 0 saturated heterocycles. The van der Waals surface area contributed by atoms with Crippen molar-refractivity contribution < 1.29 is 5.11 Å². The smallest absolute Gasteiger partial charge is 0.128 e. The third-order valence-electron chi connectivity index (χ3n) is 2.39. The molecule has 1 aromatic heterocycles. The minimum Gasteiger partial charge on any atom is -0.389 e. The Morgan fingerprint density at radius 1 is 1.36 bits per heavy atom. The van der Waals surface area contributed by atoms with E-state index in [4.69, 9.17) is 0 Å². The molecule has 1 N–H and O–H groups in total. The quantitative estimate of drug-likeness (QED) is 0.799. The summed E-state index contributed by atoms with van der Waals surface area (Å²) in [6.07, 6.45) is 1.30. The van der Waals surface area contributed by atoms with E-state index in [0.717, 1.165) is 11.4 Å². The maximum Gasteiger partial charge on any atom is 0.128 e. The van der Waals surface area contributed by atoms with Crippen molar-refractivity contribution in [1.82, 2.24) is 4.98 Å². The summed E-state index contributed by atoms with van der Waals surface area (Å²) in [4.78, 5) is 6.33. The molecule has 3 nitrogen and oxygen atoms in total. The first-order valence-electron chi connectivity index (χ1n) is 4.89. The highest BCUT2D eigenvalue weighted by Gasteiger charge is 2.08. The minimum absolute atomic E-state index is 0.409. The minimum atomic E-state index is -0.433. The molecule has 0 radical (unpaired) electrons. The fourth-order valence-corrected chi connectivity index (χ4v) is 1.15. The molecule has 0 spiro atoms. The first-order valence-corrected chi connectivity index (χ1v) is 4.89. The van der Waals surface area contributed by atoms with E-state index in [9.17, 15) is 5.11 Å². The van der Waals surface area contributed by atoms with E-state index < -0.39 is 6.10 Å². The number of pyridine rings is 1. The molecule has 0 aliphatic carbocycles. The van der Waals surface area contributed by atoms with E-state index >= 15 is 0 Å². The summed E-state index contributed by atoms with van der Waals surface area (Å²) in [6.45, 7) is 5.97. The predicted octanol–water partition coefficient (Wildman–Crippen LogP) is 1.98. The highest BCUT2D eigenvalue weighted by atomic mass is 16.3. The zero-order valence-corrected chi connectivity index (χ0v) is 9.23. The summed E-state index contributed by atoms with van der Waals surface area (Å²) < 4.78 is 0. The molecule has 1 rings (SSSR count). The zero-order chi connectivity index (χ0) is 10.7. The van der Waals surface area contributed by atoms with E-state index in [1.807, 2.05) is 19.2 Å². The molecule has 14 heavy (non-hydrogen) atoms. The van der Waals surface area contributed by atoms with E-state index in [1.165, 1.54) is 0 Å². The summed E-state index contributed by atoms with van der Waals surface area (Å²) in [6, 6.07) is 4.17. The third-order valence-corrected chi connectivity index (χ3v) is 2.39. The first kappa shape index (κ1) is 11.0. The zero-order valence-electron chi connectivity index (χ0n) is 9.23. The van der Waals surface area contributed by atoms with Gasteiger partial charge in [0, 0.05) is 19.3 Å². The number of aliphatic hydroxyl groups excluding tert-OH is 1. The number of aromatic nitrogens is 1. The average molecular weight is 194 g/mol. The first-order chi connectivity index (χ1) is 6.52. The second-order valence-electron chi connectivity index (χ2n) is 3.83. The average Bonchev–Trinajstić information content (AvgIpc) is 2.16. The van der Waals surface area contributed by atoms with Gasteiger partial charge in [0.2, 0.25) is 0 Å². The Morgan fingerprint density at radius 2 is 2.00 bits per heavy atom. The van der Waals surface area contributed by atoms with E-state index in [0.29, 0.717) is 6.04 Å². The van der Waals surface area contributed by atoms with Crippen molar-refractivity contribution >= 4 is 5.82 Å². The number of hydrogen-bond acceptors (Lipinski definition) is 3. The molecule has 0 aromatic carbocycles. The molecule has 0 amide bonds. The number of anilines is 1. The number of nitrogens with zero attached hydrogens (tertiary/aromatic N) is 2. The van der Waals surface area contributed by atoms with Gasteiger partial charge in [-0.2, -0.15) is 0 Å². The maximum absolute atomic E-state index is 9.42. The van der Waals surface area contributed by atoms with E-state index in [2.05, 4.69) is 23.7 Å². The molecule has 1 heterocycles. The van der Waals surface area contributed by atoms with Gasteiger partial charge in [-0.15, -0.1) is 0 Å². The molecule has 0 aliphatic rings. The van der Waals surface area contributed by atoms with Crippen LogP contribution in [0.3, 0.4) is 0 Å². The van der Waals surface area contributed by atoms with Crippen LogP contribution < -0.4 is 4.90 Å². The van der Waals surface area contributed by atoms with Gasteiger partial charge in [-0.05, 0) is 38.5 Å². The van der Waals surface area contributed by atoms with Crippen LogP contribution in [0.25, 0.3) is 0 Å². The molecule has 1 aromatic rings. The Bertz CT molecular complexity index is 297. The highest BCUT2D eigenvalue weighted by Crippen LogP contribution is 2.18. The number of aliphatic hydroxyl groups is 1. The summed E-state index contributed by atoms with van der Waals surface area (Å²) in [5.74, 6) is 0.901. The van der Waals surface area contributed by atoms with Crippen molar-refractivity contribution in [2.24, 2.45) is 0 Å². The molecule has 0 aliphatic heterocycles. The summed E-state index contributed by atoms with van der Waals surface area (Å²) in [5, 5.41) is 9.42. The summed E-state index contributed by atoms with van der Waals surface area (Å²) in [5.41, 5.74) is 0.905. The van der Waals surface area contributed by atoms with Crippen molar-refractivity contribution in [3.8, 4) is 0 Å². The van der Waals surface area contributed by atoms with E-state index in [-0.39, 0.29) is 0 Å². The summed E-state index contributed by atoms with van der Waals surface area (Å²) in [7, 11) is 2.00. The number of rotatable bonds is 3. The largest absolute Gasteiger partial charge is 0.389 e. The van der Waals surface area contributed by atoms with Crippen LogP contribution in [-0.4, -0.2) is 23.2 Å².